The Hall–Kier alpha value is 0.1000. The molecule has 102 valence electrons. The van der Waals surface area contributed by atoms with Crippen molar-refractivity contribution in [1.29, 1.82) is 0 Å². The van der Waals surface area contributed by atoms with Crippen molar-refractivity contribution < 1.29 is 0 Å². The lowest BCUT2D eigenvalue weighted by Crippen LogP contribution is -2.32. The topological polar surface area (TPSA) is 15.3 Å². The molecule has 0 spiro atoms. The molecule has 1 aromatic carbocycles. The molecule has 0 heterocycles. The first-order valence-electron chi connectivity index (χ1n) is 6.54. The molecule has 0 atom stereocenters. The summed E-state index contributed by atoms with van der Waals surface area (Å²) in [6, 6.07) is 6.38. The van der Waals surface area contributed by atoms with E-state index in [0.717, 1.165) is 35.1 Å². The number of nitrogens with one attached hydrogen (secondary N) is 1. The molecule has 0 saturated heterocycles. The van der Waals surface area contributed by atoms with Gasteiger partial charge >= 0.3 is 0 Å². The number of hydrogen-bond donors (Lipinski definition) is 1. The van der Waals surface area contributed by atoms with Gasteiger partial charge in [0.15, 0.2) is 0 Å². The van der Waals surface area contributed by atoms with Crippen LogP contribution >= 0.6 is 31.9 Å². The van der Waals surface area contributed by atoms with Crippen LogP contribution in [-0.2, 0) is 6.54 Å². The van der Waals surface area contributed by atoms with Crippen LogP contribution in [0.3, 0.4) is 0 Å². The summed E-state index contributed by atoms with van der Waals surface area (Å²) in [6.45, 7) is 9.89. The molecule has 0 aliphatic rings. The zero-order valence-corrected chi connectivity index (χ0v) is 14.3. The minimum Gasteiger partial charge on any atom is -0.311 e. The Bertz CT molecular complexity index is 356. The maximum absolute atomic E-state index is 3.53. The van der Waals surface area contributed by atoms with Gasteiger partial charge in [0.25, 0.3) is 0 Å². The molecule has 1 aromatic rings. The van der Waals surface area contributed by atoms with Crippen molar-refractivity contribution in [3.63, 3.8) is 0 Å². The van der Waals surface area contributed by atoms with Gasteiger partial charge in [0.2, 0.25) is 0 Å². The molecule has 0 unspecified atom stereocenters. The lowest BCUT2D eigenvalue weighted by molar-refractivity contribution is 0.287. The van der Waals surface area contributed by atoms with Crippen LogP contribution in [0.1, 0.15) is 25.8 Å². The van der Waals surface area contributed by atoms with Crippen LogP contribution < -0.4 is 5.32 Å². The second kappa shape index (κ2) is 9.08. The number of nitrogens with zero attached hydrogens (tertiary/aromatic N) is 1. The highest BCUT2D eigenvalue weighted by Crippen LogP contribution is 2.23. The van der Waals surface area contributed by atoms with Gasteiger partial charge in [-0.15, -0.1) is 0 Å². The third-order valence-corrected chi connectivity index (χ3v) is 4.78. The molecule has 18 heavy (non-hydrogen) atoms. The molecule has 1 N–H and O–H groups in total. The summed E-state index contributed by atoms with van der Waals surface area (Å²) in [7, 11) is 0. The first kappa shape index (κ1) is 16.2. The number of rotatable bonds is 8. The lowest BCUT2D eigenvalue weighted by atomic mass is 10.2. The van der Waals surface area contributed by atoms with E-state index in [9.17, 15) is 0 Å². The highest BCUT2D eigenvalue weighted by Gasteiger charge is 2.01. The van der Waals surface area contributed by atoms with Crippen LogP contribution in [0.15, 0.2) is 27.1 Å². The quantitative estimate of drug-likeness (QED) is 0.688. The highest BCUT2D eigenvalue weighted by atomic mass is 79.9. The van der Waals surface area contributed by atoms with Crippen LogP contribution in [-0.4, -0.2) is 31.1 Å². The SMILES string of the molecule is CCCN(CC)CCNCc1ccc(Br)c(Br)c1. The molecular weight excluding hydrogens is 356 g/mol. The summed E-state index contributed by atoms with van der Waals surface area (Å²) in [5.74, 6) is 0. The molecule has 0 fully saturated rings. The Morgan fingerprint density at radius 2 is 1.89 bits per heavy atom. The van der Waals surface area contributed by atoms with Crippen LogP contribution in [0, 0.1) is 0 Å². The van der Waals surface area contributed by atoms with Crippen LogP contribution in [0.25, 0.3) is 0 Å². The molecule has 0 amide bonds. The predicted octanol–water partition coefficient (Wildman–Crippen LogP) is 4.03. The smallest absolute Gasteiger partial charge is 0.0320 e. The van der Waals surface area contributed by atoms with Gasteiger partial charge in [-0.1, -0.05) is 19.9 Å². The number of hydrogen-bond acceptors (Lipinski definition) is 2. The van der Waals surface area contributed by atoms with E-state index in [1.807, 2.05) is 0 Å². The summed E-state index contributed by atoms with van der Waals surface area (Å²) in [5, 5.41) is 3.49. The molecule has 0 aliphatic carbocycles. The molecule has 0 bridgehead atoms. The van der Waals surface area contributed by atoms with Gasteiger partial charge in [-0.25, -0.2) is 0 Å². The van der Waals surface area contributed by atoms with Crippen LogP contribution in [0.4, 0.5) is 0 Å². The second-order valence-electron chi connectivity index (χ2n) is 4.36. The fourth-order valence-electron chi connectivity index (χ4n) is 1.86. The molecule has 0 radical (unpaired) electrons. The molecule has 0 saturated carbocycles. The number of likely N-dealkylation sites (N-methyl/N-ethyl adjacent to an activating group) is 1. The van der Waals surface area contributed by atoms with Crippen LogP contribution in [0.5, 0.6) is 0 Å². The summed E-state index contributed by atoms with van der Waals surface area (Å²) in [5.41, 5.74) is 1.31. The Kier molecular flexibility index (Phi) is 8.15. The zero-order valence-electron chi connectivity index (χ0n) is 11.2. The van der Waals surface area contributed by atoms with E-state index >= 15 is 0 Å². The van der Waals surface area contributed by atoms with E-state index in [2.05, 4.69) is 74.1 Å². The van der Waals surface area contributed by atoms with Gasteiger partial charge < -0.3 is 10.2 Å². The zero-order chi connectivity index (χ0) is 13.4. The first-order chi connectivity index (χ1) is 8.67. The summed E-state index contributed by atoms with van der Waals surface area (Å²) >= 11 is 7.01. The van der Waals surface area contributed by atoms with Crippen molar-refractivity contribution in [2.24, 2.45) is 0 Å². The third kappa shape index (κ3) is 5.83. The van der Waals surface area contributed by atoms with E-state index in [0.29, 0.717) is 0 Å². The van der Waals surface area contributed by atoms with Crippen molar-refractivity contribution >= 4 is 31.9 Å². The summed E-state index contributed by atoms with van der Waals surface area (Å²) in [4.78, 5) is 2.48. The Morgan fingerprint density at radius 1 is 1.11 bits per heavy atom. The normalized spacial score (nSPS) is 11.2. The third-order valence-electron chi connectivity index (χ3n) is 2.90. The predicted molar refractivity (Wildman–Crippen MR) is 86.0 cm³/mol. The number of benzene rings is 1. The van der Waals surface area contributed by atoms with E-state index in [1.165, 1.54) is 18.5 Å². The Morgan fingerprint density at radius 3 is 2.50 bits per heavy atom. The summed E-state index contributed by atoms with van der Waals surface area (Å²) in [6.07, 6.45) is 1.23. The van der Waals surface area contributed by atoms with E-state index in [-0.39, 0.29) is 0 Å². The number of halogens is 2. The van der Waals surface area contributed by atoms with E-state index in [1.54, 1.807) is 0 Å². The van der Waals surface area contributed by atoms with Crippen molar-refractivity contribution in [3.8, 4) is 0 Å². The standard InChI is InChI=1S/C14H22Br2N2/c1-3-8-18(4-2)9-7-17-11-12-5-6-13(15)14(16)10-12/h5-6,10,17H,3-4,7-9,11H2,1-2H3. The fraction of sp³-hybridized carbons (Fsp3) is 0.571. The van der Waals surface area contributed by atoms with Gasteiger partial charge in [-0.3, -0.25) is 0 Å². The molecule has 1 rings (SSSR count). The largest absolute Gasteiger partial charge is 0.311 e. The molecule has 0 aliphatic heterocycles. The molecular formula is C14H22Br2N2. The van der Waals surface area contributed by atoms with Crippen molar-refractivity contribution in [1.82, 2.24) is 10.2 Å². The van der Waals surface area contributed by atoms with Crippen molar-refractivity contribution in [3.05, 3.63) is 32.7 Å². The Labute approximate surface area is 127 Å². The average molecular weight is 378 g/mol. The molecule has 0 aromatic heterocycles. The van der Waals surface area contributed by atoms with E-state index < -0.39 is 0 Å². The molecule has 4 heteroatoms. The van der Waals surface area contributed by atoms with Gasteiger partial charge in [-0.05, 0) is 69.1 Å². The Balaban J connectivity index is 2.26. The first-order valence-corrected chi connectivity index (χ1v) is 8.13. The molecule has 2 nitrogen and oxygen atoms in total. The minimum absolute atomic E-state index is 0.926. The van der Waals surface area contributed by atoms with Gasteiger partial charge in [0.05, 0.1) is 0 Å². The van der Waals surface area contributed by atoms with Gasteiger partial charge in [-0.2, -0.15) is 0 Å². The highest BCUT2D eigenvalue weighted by molar-refractivity contribution is 9.13. The van der Waals surface area contributed by atoms with Crippen molar-refractivity contribution in [2.75, 3.05) is 26.2 Å². The van der Waals surface area contributed by atoms with Crippen molar-refractivity contribution in [2.45, 2.75) is 26.8 Å². The minimum atomic E-state index is 0.926. The van der Waals surface area contributed by atoms with Crippen LogP contribution in [0.2, 0.25) is 0 Å². The monoisotopic (exact) mass is 376 g/mol. The maximum Gasteiger partial charge on any atom is 0.0320 e. The summed E-state index contributed by atoms with van der Waals surface area (Å²) < 4.78 is 2.22. The van der Waals surface area contributed by atoms with E-state index in [4.69, 9.17) is 0 Å². The lowest BCUT2D eigenvalue weighted by Gasteiger charge is -2.19. The van der Waals surface area contributed by atoms with Gasteiger partial charge in [0, 0.05) is 28.6 Å². The average Bonchev–Trinajstić information content (AvgIpc) is 2.37. The fourth-order valence-corrected chi connectivity index (χ4v) is 2.54. The maximum atomic E-state index is 3.53. The van der Waals surface area contributed by atoms with Gasteiger partial charge in [0.1, 0.15) is 0 Å². The second-order valence-corrected chi connectivity index (χ2v) is 6.07.